The average molecular weight is 314 g/mol. The average Bonchev–Trinajstić information content (AvgIpc) is 2.54. The number of pyridine rings is 1. The molecule has 1 aliphatic heterocycles. The first-order chi connectivity index (χ1) is 11.0. The van der Waals surface area contributed by atoms with Crippen molar-refractivity contribution in [2.75, 3.05) is 5.06 Å². The van der Waals surface area contributed by atoms with E-state index >= 15 is 0 Å². The lowest BCUT2D eigenvalue weighted by Crippen LogP contribution is -2.47. The number of anilines is 1. The number of amides is 1. The van der Waals surface area contributed by atoms with Crippen LogP contribution in [-0.4, -0.2) is 22.1 Å². The molecule has 0 radical (unpaired) electrons. The van der Waals surface area contributed by atoms with E-state index in [0.717, 1.165) is 6.07 Å². The first-order valence-corrected chi connectivity index (χ1v) is 6.64. The normalized spacial score (nSPS) is 16.7. The van der Waals surface area contributed by atoms with Crippen molar-refractivity contribution in [1.29, 1.82) is 5.26 Å². The number of ether oxygens (including phenoxy) is 1. The summed E-state index contributed by atoms with van der Waals surface area (Å²) in [6, 6.07) is 6.29. The number of nitrogens with two attached hydrogens (primary N) is 1. The van der Waals surface area contributed by atoms with E-state index in [2.05, 4.69) is 4.98 Å². The summed E-state index contributed by atoms with van der Waals surface area (Å²) >= 11 is 0. The lowest BCUT2D eigenvalue weighted by Gasteiger charge is -2.26. The van der Waals surface area contributed by atoms with Crippen molar-refractivity contribution in [3.05, 3.63) is 47.4 Å². The zero-order chi connectivity index (χ0) is 16.6. The molecule has 3 N–H and O–H groups in total. The number of rotatable bonds is 2. The Morgan fingerprint density at radius 2 is 2.26 bits per heavy atom. The van der Waals surface area contributed by atoms with Crippen molar-refractivity contribution in [2.24, 2.45) is 5.73 Å². The van der Waals surface area contributed by atoms with E-state index in [9.17, 15) is 14.4 Å². The lowest BCUT2D eigenvalue weighted by molar-refractivity contribution is -0.125. The van der Waals surface area contributed by atoms with E-state index in [1.54, 1.807) is 0 Å². The molecule has 1 aromatic carbocycles. The summed E-state index contributed by atoms with van der Waals surface area (Å²) in [5.41, 5.74) is 6.32. The van der Waals surface area contributed by atoms with Crippen LogP contribution in [0.1, 0.15) is 11.1 Å². The second-order valence-electron chi connectivity index (χ2n) is 4.97. The third-order valence-electron chi connectivity index (χ3n) is 3.37. The Morgan fingerprint density at radius 3 is 2.96 bits per heavy atom. The highest BCUT2D eigenvalue weighted by atomic mass is 19.1. The number of carbonyl (C=O) groups is 1. The molecule has 0 aliphatic carbocycles. The molecule has 2 aromatic rings. The lowest BCUT2D eigenvalue weighted by atomic mass is 10.0. The van der Waals surface area contributed by atoms with Gasteiger partial charge in [0.15, 0.2) is 17.4 Å². The Labute approximate surface area is 130 Å². The highest BCUT2D eigenvalue weighted by Crippen LogP contribution is 2.30. The van der Waals surface area contributed by atoms with Gasteiger partial charge in [-0.15, -0.1) is 0 Å². The number of hydrogen-bond acceptors (Lipinski definition) is 6. The molecule has 1 aliphatic rings. The highest BCUT2D eigenvalue weighted by Gasteiger charge is 2.31. The molecule has 1 amide bonds. The van der Waals surface area contributed by atoms with Crippen LogP contribution in [0.25, 0.3) is 0 Å². The molecule has 116 valence electrons. The summed E-state index contributed by atoms with van der Waals surface area (Å²) < 4.78 is 19.2. The van der Waals surface area contributed by atoms with Crippen molar-refractivity contribution in [2.45, 2.75) is 12.5 Å². The highest BCUT2D eigenvalue weighted by molar-refractivity contribution is 5.97. The van der Waals surface area contributed by atoms with Crippen molar-refractivity contribution in [3.63, 3.8) is 0 Å². The number of benzene rings is 1. The smallest absolute Gasteiger partial charge is 0.269 e. The van der Waals surface area contributed by atoms with Gasteiger partial charge in [0.25, 0.3) is 5.91 Å². The summed E-state index contributed by atoms with van der Waals surface area (Å²) in [4.78, 5) is 15.5. The number of halogens is 1. The largest absolute Gasteiger partial charge is 0.453 e. The Kier molecular flexibility index (Phi) is 3.65. The predicted octanol–water partition coefficient (Wildman–Crippen LogP) is 1.49. The number of nitrogens with zero attached hydrogens (tertiary/aromatic N) is 3. The Bertz CT molecular complexity index is 834. The molecule has 0 saturated heterocycles. The van der Waals surface area contributed by atoms with Crippen LogP contribution in [0.2, 0.25) is 0 Å². The van der Waals surface area contributed by atoms with E-state index in [1.165, 1.54) is 24.4 Å². The van der Waals surface area contributed by atoms with E-state index in [-0.39, 0.29) is 29.3 Å². The maximum absolute atomic E-state index is 13.8. The van der Waals surface area contributed by atoms with Crippen molar-refractivity contribution in [3.8, 4) is 17.6 Å². The van der Waals surface area contributed by atoms with Crippen molar-refractivity contribution in [1.82, 2.24) is 4.98 Å². The van der Waals surface area contributed by atoms with Gasteiger partial charge >= 0.3 is 0 Å². The SMILES string of the molecule is N#Cc1ccc(Oc2cnc3c(c2)C[C@H](N)C(=O)N3O)c(F)c1. The molecule has 0 spiro atoms. The minimum absolute atomic E-state index is 0.0669. The van der Waals surface area contributed by atoms with Gasteiger partial charge < -0.3 is 10.5 Å². The van der Waals surface area contributed by atoms with Crippen LogP contribution in [0.15, 0.2) is 30.5 Å². The van der Waals surface area contributed by atoms with Gasteiger partial charge in [-0.05, 0) is 24.3 Å². The monoisotopic (exact) mass is 314 g/mol. The van der Waals surface area contributed by atoms with Crippen molar-refractivity contribution < 1.29 is 19.1 Å². The maximum Gasteiger partial charge on any atom is 0.269 e. The number of fused-ring (bicyclic) bond motifs is 1. The summed E-state index contributed by atoms with van der Waals surface area (Å²) in [5, 5.41) is 18.8. The molecular weight excluding hydrogens is 303 g/mol. The minimum atomic E-state index is -0.879. The van der Waals surface area contributed by atoms with Gasteiger partial charge in [0.05, 0.1) is 23.9 Å². The molecule has 1 aromatic heterocycles. The molecule has 0 bridgehead atoms. The first-order valence-electron chi connectivity index (χ1n) is 6.64. The van der Waals surface area contributed by atoms with Crippen LogP contribution < -0.4 is 15.5 Å². The second kappa shape index (κ2) is 5.64. The summed E-state index contributed by atoms with van der Waals surface area (Å²) in [5.74, 6) is -1.09. The molecule has 0 saturated carbocycles. The van der Waals surface area contributed by atoms with Gasteiger partial charge in [-0.2, -0.15) is 10.3 Å². The van der Waals surface area contributed by atoms with Crippen LogP contribution >= 0.6 is 0 Å². The Morgan fingerprint density at radius 1 is 1.48 bits per heavy atom. The molecule has 2 heterocycles. The molecule has 1 atom stereocenters. The summed E-state index contributed by atoms with van der Waals surface area (Å²) in [6.07, 6.45) is 1.44. The quantitative estimate of drug-likeness (QED) is 0.812. The molecule has 3 rings (SSSR count). The van der Waals surface area contributed by atoms with E-state index in [1.807, 2.05) is 6.07 Å². The molecule has 0 fully saturated rings. The zero-order valence-electron chi connectivity index (χ0n) is 11.7. The van der Waals surface area contributed by atoms with Crippen LogP contribution in [-0.2, 0) is 11.2 Å². The van der Waals surface area contributed by atoms with Crippen LogP contribution in [0, 0.1) is 17.1 Å². The number of hydrogen-bond donors (Lipinski definition) is 2. The van der Waals surface area contributed by atoms with Crippen LogP contribution in [0.3, 0.4) is 0 Å². The molecule has 7 nitrogen and oxygen atoms in total. The summed E-state index contributed by atoms with van der Waals surface area (Å²) in [7, 11) is 0. The number of aromatic nitrogens is 1. The third-order valence-corrected chi connectivity index (χ3v) is 3.37. The van der Waals surface area contributed by atoms with Gasteiger partial charge in [-0.3, -0.25) is 10.0 Å². The number of carbonyl (C=O) groups excluding carboxylic acids is 1. The number of nitriles is 1. The van der Waals surface area contributed by atoms with Crippen molar-refractivity contribution >= 4 is 11.7 Å². The van der Waals surface area contributed by atoms with Gasteiger partial charge in [-0.25, -0.2) is 9.37 Å². The second-order valence-corrected chi connectivity index (χ2v) is 4.97. The molecular formula is C15H11FN4O3. The zero-order valence-corrected chi connectivity index (χ0v) is 11.7. The van der Waals surface area contributed by atoms with Crippen LogP contribution in [0.5, 0.6) is 11.5 Å². The Hall–Kier alpha value is -3.02. The first kappa shape index (κ1) is 14.9. The van der Waals surface area contributed by atoms with Gasteiger partial charge in [0.2, 0.25) is 0 Å². The summed E-state index contributed by atoms with van der Waals surface area (Å²) in [6.45, 7) is 0. The molecule has 8 heteroatoms. The fourth-order valence-electron chi connectivity index (χ4n) is 2.24. The fourth-order valence-corrected chi connectivity index (χ4v) is 2.24. The van der Waals surface area contributed by atoms with E-state index in [0.29, 0.717) is 10.6 Å². The maximum atomic E-state index is 13.8. The minimum Gasteiger partial charge on any atom is -0.453 e. The van der Waals surface area contributed by atoms with E-state index in [4.69, 9.17) is 15.7 Å². The molecule has 23 heavy (non-hydrogen) atoms. The van der Waals surface area contributed by atoms with Gasteiger partial charge in [0.1, 0.15) is 5.75 Å². The topological polar surface area (TPSA) is 112 Å². The third kappa shape index (κ3) is 2.70. The predicted molar refractivity (Wildman–Crippen MR) is 76.4 cm³/mol. The standard InChI is InChI=1S/C15H11FN4O3/c16-11-3-8(6-17)1-2-13(11)23-10-4-9-5-12(18)15(21)20(22)14(9)19-7-10/h1-4,7,12,22H,5,18H2/t12-/m0/s1. The Balaban J connectivity index is 1.90. The van der Waals surface area contributed by atoms with Gasteiger partial charge in [0, 0.05) is 12.0 Å². The molecule has 0 unspecified atom stereocenters. The van der Waals surface area contributed by atoms with E-state index < -0.39 is 17.8 Å². The van der Waals surface area contributed by atoms with Gasteiger partial charge in [-0.1, -0.05) is 0 Å². The number of hydroxylamine groups is 1. The van der Waals surface area contributed by atoms with Crippen LogP contribution in [0.4, 0.5) is 10.2 Å². The fraction of sp³-hybridized carbons (Fsp3) is 0.133.